The van der Waals surface area contributed by atoms with Gasteiger partial charge >= 0.3 is 0 Å². The summed E-state index contributed by atoms with van der Waals surface area (Å²) >= 11 is 0. The molecular weight excluding hydrogens is 312 g/mol. The summed E-state index contributed by atoms with van der Waals surface area (Å²) in [5.74, 6) is 1.66. The van der Waals surface area contributed by atoms with E-state index in [4.69, 9.17) is 14.6 Å². The predicted molar refractivity (Wildman–Crippen MR) is 103 cm³/mol. The highest BCUT2D eigenvalue weighted by Gasteiger charge is 2.21. The van der Waals surface area contributed by atoms with E-state index in [1.54, 1.807) is 0 Å². The van der Waals surface area contributed by atoms with Gasteiger partial charge in [-0.25, -0.2) is 0 Å². The number of hydrogen-bond acceptors (Lipinski definition) is 3. The van der Waals surface area contributed by atoms with E-state index in [9.17, 15) is 0 Å². The Bertz CT molecular complexity index is 649. The van der Waals surface area contributed by atoms with Crippen molar-refractivity contribution in [3.05, 3.63) is 59.7 Å². The average Bonchev–Trinajstić information content (AvgIpc) is 2.53. The van der Waals surface area contributed by atoms with Gasteiger partial charge in [0.1, 0.15) is 23.7 Å². The molecule has 0 spiro atoms. The van der Waals surface area contributed by atoms with E-state index in [2.05, 4.69) is 46.8 Å². The molecule has 0 saturated heterocycles. The summed E-state index contributed by atoms with van der Waals surface area (Å²) in [4.78, 5) is 0. The second-order valence-electron chi connectivity index (χ2n) is 8.03. The molecule has 0 amide bonds. The highest BCUT2D eigenvalue weighted by atomic mass is 16.5. The summed E-state index contributed by atoms with van der Waals surface area (Å²) in [6, 6.07) is 16.3. The van der Waals surface area contributed by atoms with E-state index >= 15 is 0 Å². The van der Waals surface area contributed by atoms with Gasteiger partial charge in [-0.1, -0.05) is 45.0 Å². The number of ether oxygens (including phenoxy) is 2. The molecular formula is C22H30O3. The van der Waals surface area contributed by atoms with Gasteiger partial charge in [0, 0.05) is 6.42 Å². The largest absolute Gasteiger partial charge is 0.491 e. The minimum absolute atomic E-state index is 0.0244. The fourth-order valence-electron chi connectivity index (χ4n) is 2.74. The lowest BCUT2D eigenvalue weighted by Gasteiger charge is -2.27. The van der Waals surface area contributed by atoms with Crippen LogP contribution in [0.25, 0.3) is 0 Å². The van der Waals surface area contributed by atoms with Gasteiger partial charge in [-0.2, -0.15) is 0 Å². The molecule has 2 aromatic carbocycles. The van der Waals surface area contributed by atoms with Crippen molar-refractivity contribution in [1.29, 1.82) is 0 Å². The number of aliphatic hydroxyl groups excluding tert-OH is 1. The van der Waals surface area contributed by atoms with Crippen molar-refractivity contribution in [2.45, 2.75) is 52.1 Å². The first-order valence-electron chi connectivity index (χ1n) is 8.82. The van der Waals surface area contributed by atoms with Gasteiger partial charge in [0.25, 0.3) is 0 Å². The van der Waals surface area contributed by atoms with Crippen LogP contribution >= 0.6 is 0 Å². The van der Waals surface area contributed by atoms with Crippen LogP contribution in [0.15, 0.2) is 48.5 Å². The molecule has 3 nitrogen and oxygen atoms in total. The molecule has 0 aromatic heterocycles. The molecule has 0 atom stereocenters. The minimum Gasteiger partial charge on any atom is -0.491 e. The Morgan fingerprint density at radius 3 is 1.88 bits per heavy atom. The molecule has 2 rings (SSSR count). The van der Waals surface area contributed by atoms with E-state index in [-0.39, 0.29) is 17.6 Å². The Balaban J connectivity index is 1.99. The first-order chi connectivity index (χ1) is 11.7. The molecule has 0 aliphatic carbocycles. The Labute approximate surface area is 151 Å². The molecule has 136 valence electrons. The summed E-state index contributed by atoms with van der Waals surface area (Å²) < 4.78 is 11.6. The average molecular weight is 342 g/mol. The van der Waals surface area contributed by atoms with Crippen molar-refractivity contribution >= 4 is 0 Å². The third-order valence-electron chi connectivity index (χ3n) is 4.03. The quantitative estimate of drug-likeness (QED) is 0.789. The van der Waals surface area contributed by atoms with Crippen LogP contribution in [0, 0.1) is 0 Å². The molecule has 0 bridgehead atoms. The Morgan fingerprint density at radius 1 is 0.800 bits per heavy atom. The van der Waals surface area contributed by atoms with Crippen LogP contribution in [-0.4, -0.2) is 23.9 Å². The topological polar surface area (TPSA) is 38.7 Å². The van der Waals surface area contributed by atoms with Crippen LogP contribution < -0.4 is 9.47 Å². The molecule has 0 aliphatic rings. The van der Waals surface area contributed by atoms with Crippen molar-refractivity contribution in [2.24, 2.45) is 0 Å². The number of hydrogen-bond donors (Lipinski definition) is 1. The minimum atomic E-state index is -0.309. The SMILES string of the molecule is CC(C)(Cc1ccc(OCCO)cc1)Oc1ccc(C(C)(C)C)cc1. The zero-order chi connectivity index (χ0) is 18.5. The Morgan fingerprint density at radius 2 is 1.36 bits per heavy atom. The summed E-state index contributed by atoms with van der Waals surface area (Å²) in [6.45, 7) is 11.2. The summed E-state index contributed by atoms with van der Waals surface area (Å²) in [6.07, 6.45) is 0.800. The molecule has 0 fully saturated rings. The fraction of sp³-hybridized carbons (Fsp3) is 0.455. The highest BCUT2D eigenvalue weighted by Crippen LogP contribution is 2.27. The summed E-state index contributed by atoms with van der Waals surface area (Å²) in [5.41, 5.74) is 2.33. The third-order valence-corrected chi connectivity index (χ3v) is 4.03. The molecule has 0 heterocycles. The molecule has 1 N–H and O–H groups in total. The Hall–Kier alpha value is -2.00. The van der Waals surface area contributed by atoms with Crippen molar-refractivity contribution < 1.29 is 14.6 Å². The predicted octanol–water partition coefficient (Wildman–Crippen LogP) is 4.76. The molecule has 25 heavy (non-hydrogen) atoms. The lowest BCUT2D eigenvalue weighted by Crippen LogP contribution is -2.31. The maximum Gasteiger partial charge on any atom is 0.120 e. The zero-order valence-corrected chi connectivity index (χ0v) is 16.0. The second kappa shape index (κ2) is 7.92. The normalized spacial score (nSPS) is 12.1. The monoisotopic (exact) mass is 342 g/mol. The van der Waals surface area contributed by atoms with E-state index in [1.807, 2.05) is 36.4 Å². The molecule has 0 saturated carbocycles. The van der Waals surface area contributed by atoms with Crippen molar-refractivity contribution in [2.75, 3.05) is 13.2 Å². The van der Waals surface area contributed by atoms with Gasteiger partial charge in [0.2, 0.25) is 0 Å². The maximum absolute atomic E-state index is 8.80. The van der Waals surface area contributed by atoms with Crippen molar-refractivity contribution in [1.82, 2.24) is 0 Å². The van der Waals surface area contributed by atoms with Crippen LogP contribution in [0.1, 0.15) is 45.7 Å². The molecule has 0 unspecified atom stereocenters. The fourth-order valence-corrected chi connectivity index (χ4v) is 2.74. The second-order valence-corrected chi connectivity index (χ2v) is 8.03. The van der Waals surface area contributed by atoms with Crippen LogP contribution in [-0.2, 0) is 11.8 Å². The summed E-state index contributed by atoms with van der Waals surface area (Å²) in [7, 11) is 0. The van der Waals surface area contributed by atoms with Gasteiger partial charge in [0.15, 0.2) is 0 Å². The first-order valence-corrected chi connectivity index (χ1v) is 8.82. The lowest BCUT2D eigenvalue weighted by molar-refractivity contribution is 0.110. The summed E-state index contributed by atoms with van der Waals surface area (Å²) in [5, 5.41) is 8.80. The highest BCUT2D eigenvalue weighted by molar-refractivity contribution is 5.32. The molecule has 3 heteroatoms. The van der Waals surface area contributed by atoms with E-state index in [1.165, 1.54) is 11.1 Å². The Kier molecular flexibility index (Phi) is 6.12. The van der Waals surface area contributed by atoms with E-state index in [0.717, 1.165) is 17.9 Å². The molecule has 0 aliphatic heterocycles. The van der Waals surface area contributed by atoms with Gasteiger partial charge < -0.3 is 14.6 Å². The maximum atomic E-state index is 8.80. The van der Waals surface area contributed by atoms with Crippen molar-refractivity contribution in [3.63, 3.8) is 0 Å². The van der Waals surface area contributed by atoms with Gasteiger partial charge in [-0.3, -0.25) is 0 Å². The van der Waals surface area contributed by atoms with Gasteiger partial charge in [0.05, 0.1) is 6.61 Å². The number of rotatable bonds is 7. The molecule has 2 aromatic rings. The number of aliphatic hydroxyl groups is 1. The third kappa shape index (κ3) is 6.09. The number of benzene rings is 2. The molecule has 0 radical (unpaired) electrons. The zero-order valence-electron chi connectivity index (χ0n) is 16.0. The van der Waals surface area contributed by atoms with E-state index in [0.29, 0.717) is 6.61 Å². The van der Waals surface area contributed by atoms with Crippen LogP contribution in [0.4, 0.5) is 0 Å². The standard InChI is InChI=1S/C22H30O3/c1-21(2,3)18-8-12-20(13-9-18)25-22(4,5)16-17-6-10-19(11-7-17)24-15-14-23/h6-13,23H,14-16H2,1-5H3. The van der Waals surface area contributed by atoms with Crippen LogP contribution in [0.2, 0.25) is 0 Å². The lowest BCUT2D eigenvalue weighted by atomic mass is 9.87. The van der Waals surface area contributed by atoms with Crippen LogP contribution in [0.3, 0.4) is 0 Å². The van der Waals surface area contributed by atoms with Crippen LogP contribution in [0.5, 0.6) is 11.5 Å². The smallest absolute Gasteiger partial charge is 0.120 e. The van der Waals surface area contributed by atoms with Crippen molar-refractivity contribution in [3.8, 4) is 11.5 Å². The van der Waals surface area contributed by atoms with E-state index < -0.39 is 0 Å². The van der Waals surface area contributed by atoms with Gasteiger partial charge in [-0.15, -0.1) is 0 Å². The first kappa shape index (κ1) is 19.3. The van der Waals surface area contributed by atoms with Gasteiger partial charge in [-0.05, 0) is 54.7 Å².